The molecule has 1 fully saturated rings. The largest absolute Gasteiger partial charge is 0.318 e. The minimum atomic E-state index is -3.42. The van der Waals surface area contributed by atoms with E-state index in [9.17, 15) is 8.42 Å². The third-order valence-corrected chi connectivity index (χ3v) is 4.91. The highest BCUT2D eigenvalue weighted by Crippen LogP contribution is 2.36. The molecule has 1 unspecified atom stereocenters. The Kier molecular flexibility index (Phi) is 4.59. The van der Waals surface area contributed by atoms with Crippen LogP contribution in [0, 0.1) is 11.8 Å². The van der Waals surface area contributed by atoms with Gasteiger partial charge in [0.15, 0.2) is 0 Å². The zero-order valence-electron chi connectivity index (χ0n) is 11.5. The summed E-state index contributed by atoms with van der Waals surface area (Å²) >= 11 is 0. The molecule has 1 atom stereocenters. The molecule has 2 rings (SSSR count). The van der Waals surface area contributed by atoms with E-state index < -0.39 is 10.0 Å². The first kappa shape index (κ1) is 14.5. The Labute approximate surface area is 114 Å². The quantitative estimate of drug-likeness (QED) is 0.726. The van der Waals surface area contributed by atoms with Gasteiger partial charge < -0.3 is 5.32 Å². The first-order valence-electron chi connectivity index (χ1n) is 6.69. The Bertz CT molecular complexity index is 508. The zero-order chi connectivity index (χ0) is 13.9. The lowest BCUT2D eigenvalue weighted by Crippen LogP contribution is -2.29. The summed E-state index contributed by atoms with van der Waals surface area (Å²) < 4.78 is 28.5. The van der Waals surface area contributed by atoms with Crippen molar-refractivity contribution >= 4 is 10.0 Å². The van der Waals surface area contributed by atoms with E-state index in [0.29, 0.717) is 24.9 Å². The van der Waals surface area contributed by atoms with Crippen molar-refractivity contribution in [3.05, 3.63) is 12.4 Å². The summed E-state index contributed by atoms with van der Waals surface area (Å²) in [6.45, 7) is 4.02. The Hall–Kier alpha value is -0.920. The number of nitrogens with zero attached hydrogens (tertiary/aromatic N) is 2. The lowest BCUT2D eigenvalue weighted by atomic mass is 10.1. The molecule has 6 nitrogen and oxygen atoms in total. The maximum atomic E-state index is 12.1. The third-order valence-electron chi connectivity index (χ3n) is 3.53. The first-order chi connectivity index (χ1) is 9.03. The number of hydrogen-bond acceptors (Lipinski definition) is 4. The summed E-state index contributed by atoms with van der Waals surface area (Å²) in [7, 11) is -1.57. The molecule has 1 aromatic heterocycles. The number of likely N-dealkylation sites (N-methyl/N-ethyl adjacent to an activating group) is 1. The third kappa shape index (κ3) is 4.02. The van der Waals surface area contributed by atoms with Crippen molar-refractivity contribution in [2.24, 2.45) is 11.8 Å². The van der Waals surface area contributed by atoms with Gasteiger partial charge in [-0.25, -0.2) is 13.1 Å². The van der Waals surface area contributed by atoms with E-state index in [1.54, 1.807) is 10.9 Å². The summed E-state index contributed by atoms with van der Waals surface area (Å²) in [5, 5.41) is 7.05. The van der Waals surface area contributed by atoms with Gasteiger partial charge in [-0.2, -0.15) is 5.10 Å². The van der Waals surface area contributed by atoms with Gasteiger partial charge in [-0.3, -0.25) is 4.68 Å². The maximum absolute atomic E-state index is 12.1. The molecule has 1 aromatic rings. The summed E-state index contributed by atoms with van der Waals surface area (Å²) in [5.74, 6) is 1.11. The van der Waals surface area contributed by atoms with Gasteiger partial charge in [-0.1, -0.05) is 6.92 Å². The van der Waals surface area contributed by atoms with Crippen molar-refractivity contribution < 1.29 is 8.42 Å². The topological polar surface area (TPSA) is 76.0 Å². The van der Waals surface area contributed by atoms with E-state index >= 15 is 0 Å². The van der Waals surface area contributed by atoms with Crippen molar-refractivity contribution in [2.75, 3.05) is 20.1 Å². The Morgan fingerprint density at radius 2 is 2.26 bits per heavy atom. The predicted octanol–water partition coefficient (Wildman–Crippen LogP) is 0.427. The fourth-order valence-electron chi connectivity index (χ4n) is 1.99. The number of hydrogen-bond donors (Lipinski definition) is 2. The molecule has 2 N–H and O–H groups in total. The molecular weight excluding hydrogens is 264 g/mol. The van der Waals surface area contributed by atoms with Crippen LogP contribution in [0.1, 0.15) is 19.8 Å². The van der Waals surface area contributed by atoms with Crippen LogP contribution in [-0.4, -0.2) is 38.3 Å². The molecule has 0 aliphatic heterocycles. The smallest absolute Gasteiger partial charge is 0.243 e. The highest BCUT2D eigenvalue weighted by Gasteiger charge is 2.29. The van der Waals surface area contributed by atoms with Crippen LogP contribution in [0.15, 0.2) is 17.3 Å². The minimum Gasteiger partial charge on any atom is -0.318 e. The SMILES string of the molecule is CNCCn1cc(S(=O)(=O)NCC(C)C2CC2)cn1. The van der Waals surface area contributed by atoms with E-state index in [0.717, 1.165) is 6.54 Å². The molecule has 0 radical (unpaired) electrons. The molecule has 1 heterocycles. The van der Waals surface area contributed by atoms with Crippen LogP contribution in [0.25, 0.3) is 0 Å². The average molecular weight is 286 g/mol. The number of aromatic nitrogens is 2. The molecule has 1 aliphatic carbocycles. The number of nitrogens with one attached hydrogen (secondary N) is 2. The zero-order valence-corrected chi connectivity index (χ0v) is 12.3. The van der Waals surface area contributed by atoms with Crippen LogP contribution < -0.4 is 10.0 Å². The predicted molar refractivity (Wildman–Crippen MR) is 73.2 cm³/mol. The van der Waals surface area contributed by atoms with E-state index in [-0.39, 0.29) is 4.90 Å². The van der Waals surface area contributed by atoms with E-state index in [1.807, 2.05) is 7.05 Å². The normalized spacial score (nSPS) is 17.6. The van der Waals surface area contributed by atoms with Crippen LogP contribution in [0.2, 0.25) is 0 Å². The fourth-order valence-corrected chi connectivity index (χ4v) is 3.08. The monoisotopic (exact) mass is 286 g/mol. The molecule has 0 saturated heterocycles. The fraction of sp³-hybridized carbons (Fsp3) is 0.750. The summed E-state index contributed by atoms with van der Waals surface area (Å²) in [5.41, 5.74) is 0. The van der Waals surface area contributed by atoms with Crippen molar-refractivity contribution in [3.8, 4) is 0 Å². The standard InChI is InChI=1S/C12H22N4O2S/c1-10(11-3-4-11)7-15-19(17,18)12-8-14-16(9-12)6-5-13-2/h8-11,13,15H,3-7H2,1-2H3. The maximum Gasteiger partial charge on any atom is 0.243 e. The second-order valence-electron chi connectivity index (χ2n) is 5.21. The highest BCUT2D eigenvalue weighted by atomic mass is 32.2. The number of rotatable bonds is 8. The molecule has 1 aliphatic rings. The lowest BCUT2D eigenvalue weighted by molar-refractivity contribution is 0.491. The van der Waals surface area contributed by atoms with Crippen molar-refractivity contribution in [1.29, 1.82) is 0 Å². The molecule has 7 heteroatoms. The summed E-state index contributed by atoms with van der Waals surface area (Å²) in [6, 6.07) is 0. The van der Waals surface area contributed by atoms with Gasteiger partial charge in [0.2, 0.25) is 10.0 Å². The molecule has 0 spiro atoms. The summed E-state index contributed by atoms with van der Waals surface area (Å²) in [6.07, 6.45) is 5.43. The van der Waals surface area contributed by atoms with Crippen LogP contribution in [0.4, 0.5) is 0 Å². The Balaban J connectivity index is 1.92. The minimum absolute atomic E-state index is 0.242. The molecule has 0 aromatic carbocycles. The van der Waals surface area contributed by atoms with Crippen molar-refractivity contribution in [1.82, 2.24) is 19.8 Å². The van der Waals surface area contributed by atoms with Gasteiger partial charge in [0.1, 0.15) is 4.90 Å². The van der Waals surface area contributed by atoms with Gasteiger partial charge in [-0.15, -0.1) is 0 Å². The van der Waals surface area contributed by atoms with Gasteiger partial charge in [0.05, 0.1) is 12.7 Å². The second kappa shape index (κ2) is 6.02. The van der Waals surface area contributed by atoms with E-state index in [2.05, 4.69) is 22.1 Å². The van der Waals surface area contributed by atoms with Crippen LogP contribution in [0.5, 0.6) is 0 Å². The van der Waals surface area contributed by atoms with Gasteiger partial charge >= 0.3 is 0 Å². The average Bonchev–Trinajstić information content (AvgIpc) is 3.12. The van der Waals surface area contributed by atoms with E-state index in [1.165, 1.54) is 19.0 Å². The molecule has 1 saturated carbocycles. The molecular formula is C12H22N4O2S. The van der Waals surface area contributed by atoms with E-state index in [4.69, 9.17) is 0 Å². The first-order valence-corrected chi connectivity index (χ1v) is 8.18. The molecule has 0 bridgehead atoms. The molecule has 108 valence electrons. The van der Waals surface area contributed by atoms with Crippen molar-refractivity contribution in [2.45, 2.75) is 31.2 Å². The van der Waals surface area contributed by atoms with Crippen LogP contribution in [0.3, 0.4) is 0 Å². The summed E-state index contributed by atoms with van der Waals surface area (Å²) in [4.78, 5) is 0.242. The Morgan fingerprint density at radius 3 is 2.89 bits per heavy atom. The Morgan fingerprint density at radius 1 is 1.53 bits per heavy atom. The van der Waals surface area contributed by atoms with Crippen LogP contribution >= 0.6 is 0 Å². The van der Waals surface area contributed by atoms with Crippen molar-refractivity contribution in [3.63, 3.8) is 0 Å². The molecule has 19 heavy (non-hydrogen) atoms. The van der Waals surface area contributed by atoms with Gasteiger partial charge in [0, 0.05) is 19.3 Å². The molecule has 0 amide bonds. The van der Waals surface area contributed by atoms with Gasteiger partial charge in [-0.05, 0) is 31.7 Å². The second-order valence-corrected chi connectivity index (χ2v) is 6.98. The lowest BCUT2D eigenvalue weighted by Gasteiger charge is -2.10. The number of sulfonamides is 1. The van der Waals surface area contributed by atoms with Crippen LogP contribution in [-0.2, 0) is 16.6 Å². The highest BCUT2D eigenvalue weighted by molar-refractivity contribution is 7.89. The van der Waals surface area contributed by atoms with Gasteiger partial charge in [0.25, 0.3) is 0 Å².